The largest absolute Gasteiger partial charge is 0.256 e. The average Bonchev–Trinajstić information content (AvgIpc) is 3.57. The summed E-state index contributed by atoms with van der Waals surface area (Å²) in [5.74, 6) is 1.80. The first-order valence-electron chi connectivity index (χ1n) is 19.4. The summed E-state index contributed by atoms with van der Waals surface area (Å²) < 4.78 is 0. The fourth-order valence-corrected chi connectivity index (χ4v) is 8.67. The predicted molar refractivity (Wildman–Crippen MR) is 233 cm³/mol. The zero-order valence-corrected chi connectivity index (χ0v) is 31.6. The van der Waals surface area contributed by atoms with Crippen LogP contribution in [0.3, 0.4) is 0 Å². The Morgan fingerprint density at radius 3 is 1.69 bits per heavy atom. The first-order chi connectivity index (χ1) is 28.6. The highest BCUT2D eigenvalue weighted by molar-refractivity contribution is 6.09. The van der Waals surface area contributed by atoms with Crippen LogP contribution < -0.4 is 0 Å². The Morgan fingerprint density at radius 1 is 0.362 bits per heavy atom. The molecule has 0 N–H and O–H groups in total. The van der Waals surface area contributed by atoms with Crippen LogP contribution in [0.25, 0.3) is 89.5 Å². The molecule has 0 saturated carbocycles. The van der Waals surface area contributed by atoms with Crippen LogP contribution in [0.2, 0.25) is 0 Å². The van der Waals surface area contributed by atoms with Crippen molar-refractivity contribution in [2.45, 2.75) is 12.3 Å². The van der Waals surface area contributed by atoms with E-state index in [2.05, 4.69) is 110 Å². The van der Waals surface area contributed by atoms with E-state index in [0.29, 0.717) is 17.5 Å². The van der Waals surface area contributed by atoms with Crippen LogP contribution in [0.1, 0.15) is 23.6 Å². The quantitative estimate of drug-likeness (QED) is 0.158. The van der Waals surface area contributed by atoms with Gasteiger partial charge in [0.05, 0.1) is 16.6 Å². The van der Waals surface area contributed by atoms with Crippen molar-refractivity contribution in [3.8, 4) is 67.5 Å². The van der Waals surface area contributed by atoms with E-state index in [1.807, 2.05) is 72.9 Å². The summed E-state index contributed by atoms with van der Waals surface area (Å²) in [6.45, 7) is 2.35. The normalized spacial score (nSPS) is 14.4. The Bertz CT molecular complexity index is 3130. The zero-order valence-electron chi connectivity index (χ0n) is 31.6. The van der Waals surface area contributed by atoms with Gasteiger partial charge in [0, 0.05) is 51.6 Å². The van der Waals surface area contributed by atoms with Gasteiger partial charge in [0.2, 0.25) is 0 Å². The number of hydrogen-bond acceptors (Lipinski definition) is 6. The lowest BCUT2D eigenvalue weighted by Crippen LogP contribution is -2.22. The second-order valence-corrected chi connectivity index (χ2v) is 14.9. The molecular formula is C52H34N6. The second-order valence-electron chi connectivity index (χ2n) is 14.9. The molecule has 6 nitrogen and oxygen atoms in total. The number of nitrogens with zero attached hydrogens (tertiary/aromatic N) is 6. The van der Waals surface area contributed by atoms with E-state index in [4.69, 9.17) is 29.9 Å². The van der Waals surface area contributed by atoms with E-state index in [0.717, 1.165) is 60.9 Å². The van der Waals surface area contributed by atoms with Crippen LogP contribution >= 0.6 is 0 Å². The summed E-state index contributed by atoms with van der Waals surface area (Å²) in [6.07, 6.45) is 5.31. The van der Waals surface area contributed by atoms with Crippen molar-refractivity contribution >= 4 is 21.9 Å². The van der Waals surface area contributed by atoms with Gasteiger partial charge in [-0.2, -0.15) is 0 Å². The second kappa shape index (κ2) is 13.5. The molecule has 272 valence electrons. The first kappa shape index (κ1) is 33.6. The maximum Gasteiger partial charge on any atom is 0.164 e. The SMILES string of the molecule is CC1(c2ccccc2)c2ccccc2-c2ccc(-c3cc(-c4nc(-c5ccccc5)nc(-c5ccccc5)n4)cc(-c4cc5nccnc5c5cccnc45)c3)cc21. The minimum absolute atomic E-state index is 0.343. The minimum Gasteiger partial charge on any atom is -0.256 e. The summed E-state index contributed by atoms with van der Waals surface area (Å²) in [6, 6.07) is 59.5. The molecule has 11 rings (SSSR count). The molecule has 6 heteroatoms. The molecule has 1 aliphatic rings. The van der Waals surface area contributed by atoms with E-state index < -0.39 is 0 Å². The standard InChI is InChI=1S/C52H34N6/c1-52(39-18-9-4-10-19-39)44-22-12-11-20-40(44)41-24-23-35(31-45(41)52)36-28-37(43-32-46-48(55-27-26-53-46)42-21-13-25-54-47(42)43)30-38(29-36)51-57-49(33-14-5-2-6-15-33)56-50(58-51)34-16-7-3-8-17-34/h2-32H,1H3. The third-order valence-corrected chi connectivity index (χ3v) is 11.5. The lowest BCUT2D eigenvalue weighted by atomic mass is 9.74. The predicted octanol–water partition coefficient (Wildman–Crippen LogP) is 12.0. The number of aromatic nitrogens is 6. The molecule has 0 fully saturated rings. The first-order valence-corrected chi connectivity index (χ1v) is 19.4. The molecule has 0 amide bonds. The fraction of sp³-hybridized carbons (Fsp3) is 0.0385. The van der Waals surface area contributed by atoms with Crippen molar-refractivity contribution in [3.63, 3.8) is 0 Å². The Labute approximate surface area is 335 Å². The Hall–Kier alpha value is -7.70. The maximum atomic E-state index is 5.17. The van der Waals surface area contributed by atoms with E-state index in [9.17, 15) is 0 Å². The van der Waals surface area contributed by atoms with Crippen molar-refractivity contribution in [2.75, 3.05) is 0 Å². The van der Waals surface area contributed by atoms with Crippen LogP contribution in [0.4, 0.5) is 0 Å². The van der Waals surface area contributed by atoms with E-state index >= 15 is 0 Å². The molecule has 0 radical (unpaired) electrons. The van der Waals surface area contributed by atoms with Crippen LogP contribution in [0.15, 0.2) is 188 Å². The summed E-state index contributed by atoms with van der Waals surface area (Å²) in [7, 11) is 0. The van der Waals surface area contributed by atoms with Crippen LogP contribution in [-0.2, 0) is 5.41 Å². The third kappa shape index (κ3) is 5.49. The molecule has 0 spiro atoms. The van der Waals surface area contributed by atoms with Gasteiger partial charge in [-0.25, -0.2) is 15.0 Å². The molecule has 1 unspecified atom stereocenters. The molecule has 1 atom stereocenters. The van der Waals surface area contributed by atoms with Crippen LogP contribution in [0, 0.1) is 0 Å². The molecule has 3 aromatic heterocycles. The number of hydrogen-bond donors (Lipinski definition) is 0. The average molecular weight is 743 g/mol. The van der Waals surface area contributed by atoms with E-state index in [1.54, 1.807) is 12.4 Å². The van der Waals surface area contributed by atoms with Gasteiger partial charge in [-0.3, -0.25) is 15.0 Å². The van der Waals surface area contributed by atoms with E-state index in [-0.39, 0.29) is 5.41 Å². The molecule has 3 heterocycles. The van der Waals surface area contributed by atoms with Gasteiger partial charge in [-0.1, -0.05) is 127 Å². The van der Waals surface area contributed by atoms with Gasteiger partial charge >= 0.3 is 0 Å². The maximum absolute atomic E-state index is 5.17. The highest BCUT2D eigenvalue weighted by Gasteiger charge is 2.40. The molecule has 0 bridgehead atoms. The van der Waals surface area contributed by atoms with Gasteiger partial charge < -0.3 is 0 Å². The van der Waals surface area contributed by atoms with E-state index in [1.165, 1.54) is 27.8 Å². The van der Waals surface area contributed by atoms with Crippen LogP contribution in [0.5, 0.6) is 0 Å². The molecular weight excluding hydrogens is 709 g/mol. The minimum atomic E-state index is -0.343. The number of fused-ring (bicyclic) bond motifs is 6. The van der Waals surface area contributed by atoms with Crippen LogP contribution in [-0.4, -0.2) is 29.9 Å². The summed E-state index contributed by atoms with van der Waals surface area (Å²) in [5.41, 5.74) is 15.3. The highest BCUT2D eigenvalue weighted by atomic mass is 15.0. The third-order valence-electron chi connectivity index (χ3n) is 11.5. The van der Waals surface area contributed by atoms with Gasteiger partial charge in [-0.05, 0) is 93.9 Å². The number of benzene rings is 7. The molecule has 0 saturated heterocycles. The van der Waals surface area contributed by atoms with Crippen molar-refractivity contribution < 1.29 is 0 Å². The van der Waals surface area contributed by atoms with Crippen molar-refractivity contribution in [1.82, 2.24) is 29.9 Å². The topological polar surface area (TPSA) is 77.3 Å². The fourth-order valence-electron chi connectivity index (χ4n) is 8.67. The smallest absolute Gasteiger partial charge is 0.164 e. The molecule has 58 heavy (non-hydrogen) atoms. The van der Waals surface area contributed by atoms with Gasteiger partial charge in [-0.15, -0.1) is 0 Å². The highest BCUT2D eigenvalue weighted by Crippen LogP contribution is 2.53. The zero-order chi connectivity index (χ0) is 38.6. The summed E-state index contributed by atoms with van der Waals surface area (Å²) in [5, 5.41) is 0.946. The summed E-state index contributed by atoms with van der Waals surface area (Å²) in [4.78, 5) is 29.7. The Balaban J connectivity index is 1.18. The van der Waals surface area contributed by atoms with Crippen molar-refractivity contribution in [1.29, 1.82) is 0 Å². The lowest BCUT2D eigenvalue weighted by Gasteiger charge is -2.28. The lowest BCUT2D eigenvalue weighted by molar-refractivity contribution is 0.714. The monoisotopic (exact) mass is 742 g/mol. The molecule has 1 aliphatic carbocycles. The van der Waals surface area contributed by atoms with Crippen molar-refractivity contribution in [3.05, 3.63) is 205 Å². The van der Waals surface area contributed by atoms with Gasteiger partial charge in [0.25, 0.3) is 0 Å². The molecule has 10 aromatic rings. The van der Waals surface area contributed by atoms with Crippen molar-refractivity contribution in [2.24, 2.45) is 0 Å². The molecule has 7 aromatic carbocycles. The molecule has 0 aliphatic heterocycles. The number of pyridine rings is 1. The summed E-state index contributed by atoms with van der Waals surface area (Å²) >= 11 is 0. The van der Waals surface area contributed by atoms with Gasteiger partial charge in [0.15, 0.2) is 17.5 Å². The Morgan fingerprint density at radius 2 is 0.948 bits per heavy atom. The Kier molecular flexibility index (Phi) is 7.83. The van der Waals surface area contributed by atoms with Gasteiger partial charge in [0.1, 0.15) is 0 Å². The number of rotatable bonds is 6.